The molecule has 152 valence electrons. The number of fused-ring (bicyclic) bond motifs is 1. The van der Waals surface area contributed by atoms with Crippen molar-refractivity contribution in [2.45, 2.75) is 20.4 Å². The molecule has 1 aromatic heterocycles. The van der Waals surface area contributed by atoms with Crippen LogP contribution in [0.3, 0.4) is 0 Å². The molecule has 0 aliphatic rings. The standard InChI is InChI=1S/C24H20Cl2N2O2/c1-3-30-24(29)18-6-4-5-16(11-18)17-8-10-22-23(12-17)28(15(2)27-22)14-19-7-9-20(25)13-21(19)26/h4-13H,3,14H2,1-2H3. The molecule has 0 aliphatic heterocycles. The molecule has 0 fully saturated rings. The quantitative estimate of drug-likeness (QED) is 0.332. The van der Waals surface area contributed by atoms with Gasteiger partial charge in [0.15, 0.2) is 0 Å². The Morgan fingerprint density at radius 2 is 1.83 bits per heavy atom. The first-order chi connectivity index (χ1) is 14.5. The van der Waals surface area contributed by atoms with Gasteiger partial charge in [-0.3, -0.25) is 0 Å². The smallest absolute Gasteiger partial charge is 0.338 e. The molecule has 4 aromatic rings. The van der Waals surface area contributed by atoms with Gasteiger partial charge >= 0.3 is 5.97 Å². The second kappa shape index (κ2) is 8.50. The first kappa shape index (κ1) is 20.5. The van der Waals surface area contributed by atoms with Crippen molar-refractivity contribution in [1.29, 1.82) is 0 Å². The zero-order valence-corrected chi connectivity index (χ0v) is 18.2. The lowest BCUT2D eigenvalue weighted by molar-refractivity contribution is 0.0526. The van der Waals surface area contributed by atoms with Crippen LogP contribution in [0.5, 0.6) is 0 Å². The number of halogens is 2. The molecule has 0 saturated heterocycles. The lowest BCUT2D eigenvalue weighted by Crippen LogP contribution is -2.04. The van der Waals surface area contributed by atoms with Gasteiger partial charge in [0.05, 0.1) is 29.7 Å². The van der Waals surface area contributed by atoms with Crippen molar-refractivity contribution in [3.8, 4) is 11.1 Å². The highest BCUT2D eigenvalue weighted by Gasteiger charge is 2.13. The minimum atomic E-state index is -0.321. The van der Waals surface area contributed by atoms with Crippen molar-refractivity contribution < 1.29 is 9.53 Å². The third kappa shape index (κ3) is 4.07. The minimum Gasteiger partial charge on any atom is -0.462 e. The number of hydrogen-bond donors (Lipinski definition) is 0. The summed E-state index contributed by atoms with van der Waals surface area (Å²) in [5.41, 5.74) is 5.35. The summed E-state index contributed by atoms with van der Waals surface area (Å²) in [6.07, 6.45) is 0. The van der Waals surface area contributed by atoms with Gasteiger partial charge < -0.3 is 9.30 Å². The van der Waals surface area contributed by atoms with Crippen molar-refractivity contribution in [1.82, 2.24) is 9.55 Å². The van der Waals surface area contributed by atoms with Crippen molar-refractivity contribution in [3.05, 3.63) is 87.7 Å². The highest BCUT2D eigenvalue weighted by Crippen LogP contribution is 2.28. The topological polar surface area (TPSA) is 44.1 Å². The molecule has 0 aliphatic carbocycles. The normalized spacial score (nSPS) is 11.1. The number of nitrogens with zero attached hydrogens (tertiary/aromatic N) is 2. The van der Waals surface area contributed by atoms with Crippen LogP contribution in [-0.4, -0.2) is 22.1 Å². The van der Waals surface area contributed by atoms with Crippen LogP contribution in [0, 0.1) is 6.92 Å². The van der Waals surface area contributed by atoms with E-state index >= 15 is 0 Å². The summed E-state index contributed by atoms with van der Waals surface area (Å²) in [6.45, 7) is 4.71. The predicted octanol–water partition coefficient (Wildman–Crippen LogP) is 6.54. The molecule has 0 spiro atoms. The van der Waals surface area contributed by atoms with E-state index in [1.165, 1.54) is 0 Å². The number of aryl methyl sites for hydroxylation is 1. The van der Waals surface area contributed by atoms with Gasteiger partial charge in [0, 0.05) is 10.0 Å². The van der Waals surface area contributed by atoms with E-state index in [0.29, 0.717) is 28.8 Å². The van der Waals surface area contributed by atoms with Crippen LogP contribution >= 0.6 is 23.2 Å². The summed E-state index contributed by atoms with van der Waals surface area (Å²) in [7, 11) is 0. The Bertz CT molecular complexity index is 1250. The van der Waals surface area contributed by atoms with Crippen LogP contribution in [0.4, 0.5) is 0 Å². The molecule has 0 radical (unpaired) electrons. The monoisotopic (exact) mass is 438 g/mol. The van der Waals surface area contributed by atoms with Gasteiger partial charge in [0.1, 0.15) is 5.82 Å². The summed E-state index contributed by atoms with van der Waals surface area (Å²) < 4.78 is 7.25. The summed E-state index contributed by atoms with van der Waals surface area (Å²) in [5, 5.41) is 1.24. The molecule has 0 amide bonds. The molecule has 4 rings (SSSR count). The highest BCUT2D eigenvalue weighted by molar-refractivity contribution is 6.35. The maximum absolute atomic E-state index is 12.1. The fourth-order valence-corrected chi connectivity index (χ4v) is 3.95. The van der Waals surface area contributed by atoms with E-state index in [2.05, 4.69) is 15.6 Å². The Kier molecular flexibility index (Phi) is 5.80. The van der Waals surface area contributed by atoms with E-state index in [9.17, 15) is 4.79 Å². The van der Waals surface area contributed by atoms with Crippen molar-refractivity contribution in [3.63, 3.8) is 0 Å². The van der Waals surface area contributed by atoms with Gasteiger partial charge in [-0.1, -0.05) is 47.5 Å². The molecule has 0 N–H and O–H groups in total. The van der Waals surface area contributed by atoms with Crippen LogP contribution in [-0.2, 0) is 11.3 Å². The summed E-state index contributed by atoms with van der Waals surface area (Å²) in [5.74, 6) is 0.576. The minimum absolute atomic E-state index is 0.321. The van der Waals surface area contributed by atoms with Gasteiger partial charge in [-0.2, -0.15) is 0 Å². The summed E-state index contributed by atoms with van der Waals surface area (Å²) in [4.78, 5) is 16.8. The molecule has 6 heteroatoms. The van der Waals surface area contributed by atoms with E-state index in [1.807, 2.05) is 49.4 Å². The number of ether oxygens (including phenoxy) is 1. The van der Waals surface area contributed by atoms with Gasteiger partial charge in [0.25, 0.3) is 0 Å². The number of aromatic nitrogens is 2. The maximum atomic E-state index is 12.1. The Labute approximate surface area is 185 Å². The number of hydrogen-bond acceptors (Lipinski definition) is 3. The number of benzene rings is 3. The predicted molar refractivity (Wildman–Crippen MR) is 121 cm³/mol. The molecular weight excluding hydrogens is 419 g/mol. The number of carbonyl (C=O) groups excluding carboxylic acids is 1. The molecule has 0 atom stereocenters. The Balaban J connectivity index is 1.75. The summed E-state index contributed by atoms with van der Waals surface area (Å²) in [6, 6.07) is 19.1. The molecular formula is C24H20Cl2N2O2. The number of esters is 1. The second-order valence-corrected chi connectivity index (χ2v) is 7.83. The lowest BCUT2D eigenvalue weighted by atomic mass is 10.0. The van der Waals surface area contributed by atoms with Crippen LogP contribution in [0.15, 0.2) is 60.7 Å². The average Bonchev–Trinajstić information content (AvgIpc) is 3.04. The Hall–Kier alpha value is -2.82. The molecule has 1 heterocycles. The van der Waals surface area contributed by atoms with Crippen LogP contribution in [0.2, 0.25) is 10.0 Å². The first-order valence-electron chi connectivity index (χ1n) is 9.64. The van der Waals surface area contributed by atoms with Crippen LogP contribution in [0.25, 0.3) is 22.2 Å². The molecule has 0 bridgehead atoms. The fraction of sp³-hybridized carbons (Fsp3) is 0.167. The first-order valence-corrected chi connectivity index (χ1v) is 10.4. The van der Waals surface area contributed by atoms with E-state index < -0.39 is 0 Å². The maximum Gasteiger partial charge on any atom is 0.338 e. The molecule has 0 saturated carbocycles. The lowest BCUT2D eigenvalue weighted by Gasteiger charge is -2.10. The Morgan fingerprint density at radius 3 is 2.60 bits per heavy atom. The van der Waals surface area contributed by atoms with Crippen LogP contribution in [0.1, 0.15) is 28.7 Å². The number of rotatable bonds is 5. The fourth-order valence-electron chi connectivity index (χ4n) is 3.48. The van der Waals surface area contributed by atoms with E-state index in [-0.39, 0.29) is 5.97 Å². The SMILES string of the molecule is CCOC(=O)c1cccc(-c2ccc3nc(C)n(Cc4ccc(Cl)cc4Cl)c3c2)c1. The Morgan fingerprint density at radius 1 is 1.03 bits per heavy atom. The van der Waals surface area contributed by atoms with Gasteiger partial charge in [-0.25, -0.2) is 9.78 Å². The van der Waals surface area contributed by atoms with Gasteiger partial charge in [-0.05, 0) is 66.9 Å². The van der Waals surface area contributed by atoms with E-state index in [4.69, 9.17) is 27.9 Å². The van der Waals surface area contributed by atoms with Crippen molar-refractivity contribution in [2.24, 2.45) is 0 Å². The number of imidazole rings is 1. The van der Waals surface area contributed by atoms with Crippen molar-refractivity contribution >= 4 is 40.2 Å². The van der Waals surface area contributed by atoms with Gasteiger partial charge in [-0.15, -0.1) is 0 Å². The molecule has 4 nitrogen and oxygen atoms in total. The third-order valence-electron chi connectivity index (χ3n) is 4.99. The van der Waals surface area contributed by atoms with Gasteiger partial charge in [0.2, 0.25) is 0 Å². The number of carbonyl (C=O) groups is 1. The zero-order valence-electron chi connectivity index (χ0n) is 16.7. The molecule has 30 heavy (non-hydrogen) atoms. The van der Waals surface area contributed by atoms with E-state index in [0.717, 1.165) is 33.5 Å². The third-order valence-corrected chi connectivity index (χ3v) is 5.58. The van der Waals surface area contributed by atoms with Crippen LogP contribution < -0.4 is 0 Å². The van der Waals surface area contributed by atoms with E-state index in [1.54, 1.807) is 19.1 Å². The molecule has 3 aromatic carbocycles. The highest BCUT2D eigenvalue weighted by atomic mass is 35.5. The molecule has 0 unspecified atom stereocenters. The summed E-state index contributed by atoms with van der Waals surface area (Å²) >= 11 is 12.4. The van der Waals surface area contributed by atoms with Crippen molar-refractivity contribution in [2.75, 3.05) is 6.61 Å². The average molecular weight is 439 g/mol. The second-order valence-electron chi connectivity index (χ2n) is 6.99. The largest absolute Gasteiger partial charge is 0.462 e. The zero-order chi connectivity index (χ0) is 21.3.